The summed E-state index contributed by atoms with van der Waals surface area (Å²) in [5.41, 5.74) is 0.0684. The molecule has 0 bridgehead atoms. The van der Waals surface area contributed by atoms with E-state index in [9.17, 15) is 0 Å². The molecule has 1 aromatic heterocycles. The maximum Gasteiger partial charge on any atom is 0.209 e. The molecule has 0 radical (unpaired) electrons. The Morgan fingerprint density at radius 2 is 2.38 bits per heavy atom. The van der Waals surface area contributed by atoms with Gasteiger partial charge in [-0.2, -0.15) is 4.37 Å². The second-order valence-electron chi connectivity index (χ2n) is 3.37. The Morgan fingerprint density at radius 3 is 2.77 bits per heavy atom. The minimum atomic E-state index is 0.0684. The van der Waals surface area contributed by atoms with E-state index < -0.39 is 0 Å². The standard InChI is InChI=1S/C8H11BrN2OS/c1-12-8(3-2-4-8)5-6-10-7(9)11-13-6/h2-5H2,1H3. The molecule has 13 heavy (non-hydrogen) atoms. The Morgan fingerprint density at radius 1 is 1.62 bits per heavy atom. The van der Waals surface area contributed by atoms with Crippen LogP contribution in [0.4, 0.5) is 0 Å². The fourth-order valence-corrected chi connectivity index (χ4v) is 2.83. The zero-order chi connectivity index (χ0) is 9.31. The summed E-state index contributed by atoms with van der Waals surface area (Å²) in [4.78, 5) is 4.27. The van der Waals surface area contributed by atoms with Crippen LogP contribution in [-0.4, -0.2) is 22.1 Å². The van der Waals surface area contributed by atoms with Crippen molar-refractivity contribution in [3.8, 4) is 0 Å². The van der Waals surface area contributed by atoms with E-state index in [1.54, 1.807) is 7.11 Å². The van der Waals surface area contributed by atoms with Gasteiger partial charge in [-0.25, -0.2) is 4.98 Å². The Bertz CT molecular complexity index is 293. The van der Waals surface area contributed by atoms with Crippen molar-refractivity contribution in [2.24, 2.45) is 0 Å². The van der Waals surface area contributed by atoms with Gasteiger partial charge in [-0.1, -0.05) is 0 Å². The van der Waals surface area contributed by atoms with Crippen LogP contribution >= 0.6 is 27.5 Å². The molecule has 1 aliphatic carbocycles. The Kier molecular flexibility index (Phi) is 2.67. The van der Waals surface area contributed by atoms with E-state index in [1.165, 1.54) is 18.0 Å². The van der Waals surface area contributed by atoms with Crippen molar-refractivity contribution in [2.45, 2.75) is 31.3 Å². The summed E-state index contributed by atoms with van der Waals surface area (Å²) in [6, 6.07) is 0. The van der Waals surface area contributed by atoms with Gasteiger partial charge in [0.1, 0.15) is 5.01 Å². The summed E-state index contributed by atoms with van der Waals surface area (Å²) in [6.07, 6.45) is 4.49. The minimum absolute atomic E-state index is 0.0684. The number of rotatable bonds is 3. The van der Waals surface area contributed by atoms with Crippen molar-refractivity contribution < 1.29 is 4.74 Å². The predicted molar refractivity (Wildman–Crippen MR) is 54.9 cm³/mol. The third-order valence-corrected chi connectivity index (χ3v) is 3.91. The molecule has 0 atom stereocenters. The second-order valence-corrected chi connectivity index (χ2v) is 4.92. The summed E-state index contributed by atoms with van der Waals surface area (Å²) in [5.74, 6) is 0. The lowest BCUT2D eigenvalue weighted by molar-refractivity contribution is -0.0708. The van der Waals surface area contributed by atoms with Gasteiger partial charge in [0.25, 0.3) is 0 Å². The van der Waals surface area contributed by atoms with Crippen molar-refractivity contribution in [1.82, 2.24) is 9.36 Å². The van der Waals surface area contributed by atoms with E-state index in [4.69, 9.17) is 4.74 Å². The lowest BCUT2D eigenvalue weighted by Gasteiger charge is -2.39. The molecule has 2 rings (SSSR count). The highest BCUT2D eigenvalue weighted by molar-refractivity contribution is 9.10. The zero-order valence-electron chi connectivity index (χ0n) is 7.42. The minimum Gasteiger partial charge on any atom is -0.378 e. The first-order valence-electron chi connectivity index (χ1n) is 4.27. The van der Waals surface area contributed by atoms with Gasteiger partial charge in [-0.05, 0) is 46.7 Å². The van der Waals surface area contributed by atoms with Gasteiger partial charge < -0.3 is 4.74 Å². The molecule has 0 spiro atoms. The van der Waals surface area contributed by atoms with Crippen molar-refractivity contribution in [1.29, 1.82) is 0 Å². The van der Waals surface area contributed by atoms with Crippen molar-refractivity contribution in [3.05, 3.63) is 9.74 Å². The summed E-state index contributed by atoms with van der Waals surface area (Å²) in [6.45, 7) is 0. The molecule has 1 fully saturated rings. The number of nitrogens with zero attached hydrogens (tertiary/aromatic N) is 2. The highest BCUT2D eigenvalue weighted by Crippen LogP contribution is 2.38. The number of aromatic nitrogens is 2. The van der Waals surface area contributed by atoms with E-state index in [1.807, 2.05) is 0 Å². The van der Waals surface area contributed by atoms with Gasteiger partial charge in [0, 0.05) is 13.5 Å². The first-order chi connectivity index (χ1) is 6.24. The monoisotopic (exact) mass is 262 g/mol. The van der Waals surface area contributed by atoms with Crippen LogP contribution in [0.2, 0.25) is 0 Å². The maximum absolute atomic E-state index is 5.51. The fraction of sp³-hybridized carbons (Fsp3) is 0.750. The number of methoxy groups -OCH3 is 1. The van der Waals surface area contributed by atoms with E-state index in [2.05, 4.69) is 25.3 Å². The van der Waals surface area contributed by atoms with Crippen LogP contribution in [0.25, 0.3) is 0 Å². The smallest absolute Gasteiger partial charge is 0.209 e. The van der Waals surface area contributed by atoms with Crippen LogP contribution in [0.1, 0.15) is 24.3 Å². The summed E-state index contributed by atoms with van der Waals surface area (Å²) in [7, 11) is 1.79. The van der Waals surface area contributed by atoms with E-state index in [0.717, 1.165) is 24.3 Å². The molecule has 0 unspecified atom stereocenters. The van der Waals surface area contributed by atoms with E-state index in [0.29, 0.717) is 4.73 Å². The molecule has 1 aromatic rings. The van der Waals surface area contributed by atoms with Gasteiger partial charge >= 0.3 is 0 Å². The average Bonchev–Trinajstić information content (AvgIpc) is 2.44. The van der Waals surface area contributed by atoms with Crippen LogP contribution in [0, 0.1) is 0 Å². The Labute approximate surface area is 89.8 Å². The molecule has 0 saturated heterocycles. The highest BCUT2D eigenvalue weighted by atomic mass is 79.9. The number of hydrogen-bond acceptors (Lipinski definition) is 4. The maximum atomic E-state index is 5.51. The third kappa shape index (κ3) is 1.92. The van der Waals surface area contributed by atoms with Crippen molar-refractivity contribution in [2.75, 3.05) is 7.11 Å². The van der Waals surface area contributed by atoms with Gasteiger partial charge in [0.2, 0.25) is 4.73 Å². The normalized spacial score (nSPS) is 19.8. The summed E-state index contributed by atoms with van der Waals surface area (Å²) >= 11 is 4.70. The van der Waals surface area contributed by atoms with Gasteiger partial charge in [0.05, 0.1) is 5.60 Å². The quantitative estimate of drug-likeness (QED) is 0.840. The molecule has 0 aliphatic heterocycles. The Hall–Kier alpha value is -0.0000000000000000278. The van der Waals surface area contributed by atoms with Crippen molar-refractivity contribution >= 4 is 27.5 Å². The second kappa shape index (κ2) is 3.63. The topological polar surface area (TPSA) is 35.0 Å². The third-order valence-electron chi connectivity index (χ3n) is 2.61. The molecule has 3 nitrogen and oxygen atoms in total. The Balaban J connectivity index is 2.04. The van der Waals surface area contributed by atoms with Crippen molar-refractivity contribution in [3.63, 3.8) is 0 Å². The van der Waals surface area contributed by atoms with Crippen LogP contribution in [0.15, 0.2) is 4.73 Å². The molecule has 1 saturated carbocycles. The van der Waals surface area contributed by atoms with E-state index in [-0.39, 0.29) is 5.60 Å². The fourth-order valence-electron chi connectivity index (χ4n) is 1.61. The van der Waals surface area contributed by atoms with Crippen LogP contribution in [0.3, 0.4) is 0 Å². The lowest BCUT2D eigenvalue weighted by Crippen LogP contribution is -2.41. The molecule has 72 valence electrons. The number of hydrogen-bond donors (Lipinski definition) is 0. The van der Waals surface area contributed by atoms with Crippen LogP contribution in [0.5, 0.6) is 0 Å². The lowest BCUT2D eigenvalue weighted by atomic mass is 9.78. The number of halogens is 1. The number of ether oxygens (including phenoxy) is 1. The molecule has 1 aliphatic rings. The SMILES string of the molecule is COC1(Cc2nc(Br)ns2)CCC1. The molecule has 1 heterocycles. The molecule has 0 aromatic carbocycles. The van der Waals surface area contributed by atoms with E-state index >= 15 is 0 Å². The van der Waals surface area contributed by atoms with Gasteiger partial charge in [0.15, 0.2) is 0 Å². The first-order valence-corrected chi connectivity index (χ1v) is 5.84. The molecule has 0 N–H and O–H groups in total. The predicted octanol–water partition coefficient (Wildman–Crippen LogP) is 2.41. The first kappa shape index (κ1) is 9.55. The van der Waals surface area contributed by atoms with Crippen LogP contribution < -0.4 is 0 Å². The van der Waals surface area contributed by atoms with Gasteiger partial charge in [-0.3, -0.25) is 0 Å². The molecular weight excluding hydrogens is 252 g/mol. The molecular formula is C8H11BrN2OS. The highest BCUT2D eigenvalue weighted by Gasteiger charge is 2.37. The average molecular weight is 263 g/mol. The molecule has 5 heteroatoms. The summed E-state index contributed by atoms with van der Waals surface area (Å²) in [5, 5.41) is 1.06. The summed E-state index contributed by atoms with van der Waals surface area (Å²) < 4.78 is 10.3. The largest absolute Gasteiger partial charge is 0.378 e. The van der Waals surface area contributed by atoms with Gasteiger partial charge in [-0.15, -0.1) is 0 Å². The van der Waals surface area contributed by atoms with Crippen LogP contribution in [-0.2, 0) is 11.2 Å². The zero-order valence-corrected chi connectivity index (χ0v) is 9.82. The molecule has 0 amide bonds.